The van der Waals surface area contributed by atoms with E-state index in [2.05, 4.69) is 17.9 Å². The molecule has 0 radical (unpaired) electrons. The van der Waals surface area contributed by atoms with Gasteiger partial charge in [0.2, 0.25) is 0 Å². The molecule has 2 fully saturated rings. The molecular weight excluding hydrogens is 196 g/mol. The van der Waals surface area contributed by atoms with Crippen molar-refractivity contribution in [3.8, 4) is 6.07 Å². The summed E-state index contributed by atoms with van der Waals surface area (Å²) >= 11 is 0. The lowest BCUT2D eigenvalue weighted by atomic mass is 9.79. The minimum atomic E-state index is 0.300. The third kappa shape index (κ3) is 2.77. The number of nitriles is 1. The number of hydrogen-bond acceptors (Lipinski definition) is 2. The van der Waals surface area contributed by atoms with Gasteiger partial charge in [0.25, 0.3) is 0 Å². The van der Waals surface area contributed by atoms with Crippen molar-refractivity contribution < 1.29 is 0 Å². The summed E-state index contributed by atoms with van der Waals surface area (Å²) in [7, 11) is 0. The number of nitrogens with zero attached hydrogens (tertiary/aromatic N) is 2. The molecule has 16 heavy (non-hydrogen) atoms. The van der Waals surface area contributed by atoms with Crippen molar-refractivity contribution in [3.63, 3.8) is 0 Å². The van der Waals surface area contributed by atoms with Gasteiger partial charge in [-0.1, -0.05) is 19.8 Å². The van der Waals surface area contributed by atoms with Crippen molar-refractivity contribution in [2.24, 2.45) is 11.8 Å². The first-order valence-electron chi connectivity index (χ1n) is 6.95. The van der Waals surface area contributed by atoms with E-state index in [0.29, 0.717) is 12.0 Å². The summed E-state index contributed by atoms with van der Waals surface area (Å²) in [4.78, 5) is 2.62. The summed E-state index contributed by atoms with van der Waals surface area (Å²) in [6.45, 7) is 4.81. The predicted molar refractivity (Wildman–Crippen MR) is 65.9 cm³/mol. The molecule has 90 valence electrons. The van der Waals surface area contributed by atoms with Crippen LogP contribution in [-0.4, -0.2) is 24.0 Å². The lowest BCUT2D eigenvalue weighted by Crippen LogP contribution is -2.44. The molecule has 2 rings (SSSR count). The molecule has 1 heterocycles. The SMILES string of the molecule is CC1CCC(C#N)C(N2CCCCCC2)C1. The summed E-state index contributed by atoms with van der Waals surface area (Å²) in [5.41, 5.74) is 0. The van der Waals surface area contributed by atoms with Gasteiger partial charge in [-0.05, 0) is 51.1 Å². The molecule has 0 spiro atoms. The van der Waals surface area contributed by atoms with E-state index in [0.717, 1.165) is 12.3 Å². The molecule has 3 unspecified atom stereocenters. The average molecular weight is 220 g/mol. The van der Waals surface area contributed by atoms with Gasteiger partial charge in [0.15, 0.2) is 0 Å². The zero-order valence-electron chi connectivity index (χ0n) is 10.5. The van der Waals surface area contributed by atoms with E-state index in [1.807, 2.05) is 0 Å². The predicted octanol–water partition coefficient (Wildman–Crippen LogP) is 3.19. The van der Waals surface area contributed by atoms with E-state index in [-0.39, 0.29) is 0 Å². The largest absolute Gasteiger partial charge is 0.299 e. The highest BCUT2D eigenvalue weighted by atomic mass is 15.2. The van der Waals surface area contributed by atoms with Crippen LogP contribution in [0.25, 0.3) is 0 Å². The minimum absolute atomic E-state index is 0.300. The monoisotopic (exact) mass is 220 g/mol. The molecule has 0 aromatic heterocycles. The lowest BCUT2D eigenvalue weighted by Gasteiger charge is -2.39. The Morgan fingerprint density at radius 3 is 2.38 bits per heavy atom. The van der Waals surface area contributed by atoms with Gasteiger partial charge in [0, 0.05) is 6.04 Å². The van der Waals surface area contributed by atoms with Crippen molar-refractivity contribution in [1.29, 1.82) is 5.26 Å². The molecule has 0 aromatic carbocycles. The van der Waals surface area contributed by atoms with Crippen LogP contribution in [0.15, 0.2) is 0 Å². The molecule has 1 saturated heterocycles. The summed E-state index contributed by atoms with van der Waals surface area (Å²) in [6.07, 6.45) is 9.07. The Morgan fingerprint density at radius 1 is 1.06 bits per heavy atom. The maximum absolute atomic E-state index is 9.27. The van der Waals surface area contributed by atoms with Crippen molar-refractivity contribution in [3.05, 3.63) is 0 Å². The molecular formula is C14H24N2. The van der Waals surface area contributed by atoms with Crippen molar-refractivity contribution >= 4 is 0 Å². The van der Waals surface area contributed by atoms with Gasteiger partial charge >= 0.3 is 0 Å². The summed E-state index contributed by atoms with van der Waals surface area (Å²) < 4.78 is 0. The first kappa shape index (κ1) is 11.9. The Labute approximate surface area is 99.6 Å². The van der Waals surface area contributed by atoms with Gasteiger partial charge in [0.05, 0.1) is 12.0 Å². The van der Waals surface area contributed by atoms with E-state index >= 15 is 0 Å². The molecule has 0 bridgehead atoms. The maximum atomic E-state index is 9.27. The van der Waals surface area contributed by atoms with Gasteiger partial charge in [-0.15, -0.1) is 0 Å². The zero-order valence-corrected chi connectivity index (χ0v) is 10.5. The molecule has 2 aliphatic rings. The number of hydrogen-bond donors (Lipinski definition) is 0. The van der Waals surface area contributed by atoms with Crippen molar-refractivity contribution in [2.75, 3.05) is 13.1 Å². The summed E-state index contributed by atoms with van der Waals surface area (Å²) in [5.74, 6) is 1.12. The van der Waals surface area contributed by atoms with Crippen LogP contribution in [-0.2, 0) is 0 Å². The zero-order chi connectivity index (χ0) is 11.4. The highest BCUT2D eigenvalue weighted by Gasteiger charge is 2.32. The third-order valence-electron chi connectivity index (χ3n) is 4.35. The molecule has 0 N–H and O–H groups in total. The van der Waals surface area contributed by atoms with Crippen LogP contribution in [0.4, 0.5) is 0 Å². The standard InChI is InChI=1S/C14H24N2/c1-12-6-7-13(11-15)14(10-12)16-8-4-2-3-5-9-16/h12-14H,2-10H2,1H3. The normalized spacial score (nSPS) is 37.6. The van der Waals surface area contributed by atoms with Crippen LogP contribution in [0, 0.1) is 23.2 Å². The second-order valence-electron chi connectivity index (χ2n) is 5.67. The Bertz CT molecular complexity index is 248. The third-order valence-corrected chi connectivity index (χ3v) is 4.35. The van der Waals surface area contributed by atoms with Crippen LogP contribution < -0.4 is 0 Å². The van der Waals surface area contributed by atoms with E-state index in [9.17, 15) is 5.26 Å². The number of rotatable bonds is 1. The second-order valence-corrected chi connectivity index (χ2v) is 5.67. The highest BCUT2D eigenvalue weighted by molar-refractivity contribution is 4.97. The summed E-state index contributed by atoms with van der Waals surface area (Å²) in [5, 5.41) is 9.27. The fraction of sp³-hybridized carbons (Fsp3) is 0.929. The van der Waals surface area contributed by atoms with Gasteiger partial charge in [0.1, 0.15) is 0 Å². The smallest absolute Gasteiger partial charge is 0.0672 e. The maximum Gasteiger partial charge on any atom is 0.0672 e. The molecule has 0 aromatic rings. The van der Waals surface area contributed by atoms with E-state index < -0.39 is 0 Å². The Hall–Kier alpha value is -0.550. The highest BCUT2D eigenvalue weighted by Crippen LogP contribution is 2.32. The van der Waals surface area contributed by atoms with Crippen molar-refractivity contribution in [1.82, 2.24) is 4.90 Å². The Balaban J connectivity index is 2.00. The molecule has 0 amide bonds. The molecule has 1 saturated carbocycles. The van der Waals surface area contributed by atoms with E-state index in [1.54, 1.807) is 0 Å². The molecule has 1 aliphatic heterocycles. The lowest BCUT2D eigenvalue weighted by molar-refractivity contribution is 0.109. The van der Waals surface area contributed by atoms with E-state index in [4.69, 9.17) is 0 Å². The minimum Gasteiger partial charge on any atom is -0.299 e. The molecule has 2 nitrogen and oxygen atoms in total. The topological polar surface area (TPSA) is 27.0 Å². The average Bonchev–Trinajstić information content (AvgIpc) is 2.57. The van der Waals surface area contributed by atoms with Crippen molar-refractivity contribution in [2.45, 2.75) is 57.9 Å². The first-order chi connectivity index (χ1) is 7.81. The van der Waals surface area contributed by atoms with Gasteiger partial charge in [-0.3, -0.25) is 4.90 Å². The number of likely N-dealkylation sites (tertiary alicyclic amines) is 1. The van der Waals surface area contributed by atoms with E-state index in [1.165, 1.54) is 51.6 Å². The molecule has 3 atom stereocenters. The van der Waals surface area contributed by atoms with Crippen LogP contribution >= 0.6 is 0 Å². The van der Waals surface area contributed by atoms with Gasteiger partial charge < -0.3 is 0 Å². The Kier molecular flexibility index (Phi) is 4.23. The van der Waals surface area contributed by atoms with Gasteiger partial charge in [-0.2, -0.15) is 5.26 Å². The van der Waals surface area contributed by atoms with Crippen LogP contribution in [0.1, 0.15) is 51.9 Å². The first-order valence-corrected chi connectivity index (χ1v) is 6.95. The van der Waals surface area contributed by atoms with Crippen LogP contribution in [0.2, 0.25) is 0 Å². The van der Waals surface area contributed by atoms with Gasteiger partial charge in [-0.25, -0.2) is 0 Å². The van der Waals surface area contributed by atoms with Crippen LogP contribution in [0.5, 0.6) is 0 Å². The molecule has 2 heteroatoms. The van der Waals surface area contributed by atoms with Crippen LogP contribution in [0.3, 0.4) is 0 Å². The fourth-order valence-corrected chi connectivity index (χ4v) is 3.33. The fourth-order valence-electron chi connectivity index (χ4n) is 3.33. The molecule has 1 aliphatic carbocycles. The Morgan fingerprint density at radius 2 is 1.75 bits per heavy atom. The quantitative estimate of drug-likeness (QED) is 0.678. The summed E-state index contributed by atoms with van der Waals surface area (Å²) in [6, 6.07) is 3.11. The second kappa shape index (κ2) is 5.68.